The smallest absolute Gasteiger partial charge is 0.244 e. The van der Waals surface area contributed by atoms with Crippen molar-refractivity contribution in [2.24, 2.45) is 5.73 Å². The van der Waals surface area contributed by atoms with Crippen molar-refractivity contribution in [2.75, 3.05) is 0 Å². The van der Waals surface area contributed by atoms with Crippen LogP contribution in [0.2, 0.25) is 0 Å². The van der Waals surface area contributed by atoms with Crippen LogP contribution in [-0.4, -0.2) is 5.91 Å². The predicted octanol–water partition coefficient (Wildman–Crippen LogP) is 3.95. The van der Waals surface area contributed by atoms with Gasteiger partial charge in [-0.15, -0.1) is 0 Å². The summed E-state index contributed by atoms with van der Waals surface area (Å²) in [7, 11) is 0. The molecule has 94 valence electrons. The number of allylic oxidation sites excluding steroid dienone is 1. The molecule has 0 atom stereocenters. The number of hydrogen-bond donors (Lipinski definition) is 1. The van der Waals surface area contributed by atoms with Gasteiger partial charge in [0, 0.05) is 5.57 Å². The van der Waals surface area contributed by atoms with Gasteiger partial charge < -0.3 is 5.73 Å². The van der Waals surface area contributed by atoms with Gasteiger partial charge in [0.15, 0.2) is 0 Å². The molecule has 2 heteroatoms. The van der Waals surface area contributed by atoms with Gasteiger partial charge in [-0.3, -0.25) is 4.79 Å². The van der Waals surface area contributed by atoms with E-state index in [9.17, 15) is 4.79 Å². The highest BCUT2D eigenvalue weighted by atomic mass is 16.1. The minimum absolute atomic E-state index is 0.259. The van der Waals surface area contributed by atoms with E-state index in [2.05, 4.69) is 6.92 Å². The summed E-state index contributed by atoms with van der Waals surface area (Å²) >= 11 is 0. The fraction of sp³-hybridized carbons (Fsp3) is 0.786. The fourth-order valence-electron chi connectivity index (χ4n) is 1.86. The monoisotopic (exact) mass is 225 g/mol. The molecule has 2 N–H and O–H groups in total. The lowest BCUT2D eigenvalue weighted by Gasteiger charge is -2.03. The topological polar surface area (TPSA) is 43.1 Å². The van der Waals surface area contributed by atoms with E-state index >= 15 is 0 Å². The number of carbonyl (C=O) groups excluding carboxylic acids is 1. The van der Waals surface area contributed by atoms with Gasteiger partial charge in [0.05, 0.1) is 0 Å². The number of amides is 1. The van der Waals surface area contributed by atoms with Gasteiger partial charge in [-0.2, -0.15) is 0 Å². The van der Waals surface area contributed by atoms with E-state index in [0.29, 0.717) is 0 Å². The Balaban J connectivity index is 3.30. The van der Waals surface area contributed by atoms with E-state index in [0.717, 1.165) is 18.4 Å². The number of nitrogens with two attached hydrogens (primary N) is 1. The summed E-state index contributed by atoms with van der Waals surface area (Å²) < 4.78 is 0. The van der Waals surface area contributed by atoms with Crippen molar-refractivity contribution in [3.05, 3.63) is 11.6 Å². The fourth-order valence-corrected chi connectivity index (χ4v) is 1.86. The first kappa shape index (κ1) is 15.2. The quantitative estimate of drug-likeness (QED) is 0.444. The highest BCUT2D eigenvalue weighted by Gasteiger charge is 2.02. The average molecular weight is 225 g/mol. The van der Waals surface area contributed by atoms with E-state index in [1.807, 2.05) is 13.0 Å². The van der Waals surface area contributed by atoms with Crippen molar-refractivity contribution < 1.29 is 4.79 Å². The minimum Gasteiger partial charge on any atom is -0.366 e. The molecule has 0 fully saturated rings. The lowest BCUT2D eigenvalue weighted by molar-refractivity contribution is -0.114. The molecule has 0 unspecified atom stereocenters. The molecule has 0 aliphatic carbocycles. The first-order valence-electron chi connectivity index (χ1n) is 6.67. The Morgan fingerprint density at radius 1 is 1.00 bits per heavy atom. The molecule has 0 heterocycles. The maximum atomic E-state index is 10.9. The third kappa shape index (κ3) is 8.51. The summed E-state index contributed by atoms with van der Waals surface area (Å²) in [6.45, 7) is 4.12. The largest absolute Gasteiger partial charge is 0.366 e. The highest BCUT2D eigenvalue weighted by molar-refractivity contribution is 5.91. The predicted molar refractivity (Wildman–Crippen MR) is 70.2 cm³/mol. The molecule has 0 aromatic heterocycles. The van der Waals surface area contributed by atoms with Gasteiger partial charge in [-0.05, 0) is 19.8 Å². The first-order chi connectivity index (χ1) is 7.72. The van der Waals surface area contributed by atoms with Gasteiger partial charge in [-0.1, -0.05) is 57.9 Å². The van der Waals surface area contributed by atoms with Gasteiger partial charge in [-0.25, -0.2) is 0 Å². The first-order valence-corrected chi connectivity index (χ1v) is 6.67. The molecule has 2 nitrogen and oxygen atoms in total. The van der Waals surface area contributed by atoms with E-state index < -0.39 is 0 Å². The van der Waals surface area contributed by atoms with Gasteiger partial charge in [0.2, 0.25) is 5.91 Å². The Kier molecular flexibility index (Phi) is 10.2. The molecule has 0 aromatic rings. The Morgan fingerprint density at radius 2 is 1.50 bits per heavy atom. The van der Waals surface area contributed by atoms with Crippen molar-refractivity contribution in [3.63, 3.8) is 0 Å². The molecule has 0 rings (SSSR count). The van der Waals surface area contributed by atoms with Crippen LogP contribution in [-0.2, 0) is 4.79 Å². The zero-order chi connectivity index (χ0) is 12.2. The summed E-state index contributed by atoms with van der Waals surface area (Å²) in [5.74, 6) is -0.259. The Bertz CT molecular complexity index is 209. The lowest BCUT2D eigenvalue weighted by atomic mass is 10.0. The standard InChI is InChI=1S/C14H27NO/c1-3-5-6-7-8-9-10-11-12-13(4-2)14(15)16/h4H,3,5-12H2,1-2H3,(H2,15,16). The number of unbranched alkanes of at least 4 members (excludes halogenated alkanes) is 7. The Hall–Kier alpha value is -0.790. The molecule has 1 amide bonds. The van der Waals surface area contributed by atoms with Crippen molar-refractivity contribution in [1.29, 1.82) is 0 Å². The van der Waals surface area contributed by atoms with Gasteiger partial charge >= 0.3 is 0 Å². The van der Waals surface area contributed by atoms with Crippen LogP contribution < -0.4 is 5.73 Å². The summed E-state index contributed by atoms with van der Waals surface area (Å²) in [5, 5.41) is 0. The van der Waals surface area contributed by atoms with Crippen LogP contribution in [0.1, 0.15) is 71.6 Å². The summed E-state index contributed by atoms with van der Waals surface area (Å²) in [6, 6.07) is 0. The summed E-state index contributed by atoms with van der Waals surface area (Å²) in [6.07, 6.45) is 13.0. The van der Waals surface area contributed by atoms with Crippen LogP contribution in [0.4, 0.5) is 0 Å². The molecular formula is C14H27NO. The van der Waals surface area contributed by atoms with E-state index in [1.165, 1.54) is 44.9 Å². The second-order valence-electron chi connectivity index (χ2n) is 4.40. The average Bonchev–Trinajstić information content (AvgIpc) is 2.26. The SMILES string of the molecule is CC=C(CCCCCCCCCC)C(N)=O. The second kappa shape index (κ2) is 10.7. The van der Waals surface area contributed by atoms with Crippen molar-refractivity contribution in [3.8, 4) is 0 Å². The molecule has 0 bridgehead atoms. The summed E-state index contributed by atoms with van der Waals surface area (Å²) in [5.41, 5.74) is 6.02. The van der Waals surface area contributed by atoms with Gasteiger partial charge in [0.1, 0.15) is 0 Å². The van der Waals surface area contributed by atoms with Crippen LogP contribution in [0.3, 0.4) is 0 Å². The van der Waals surface area contributed by atoms with Crippen LogP contribution >= 0.6 is 0 Å². The molecule has 0 spiro atoms. The molecule has 0 saturated carbocycles. The lowest BCUT2D eigenvalue weighted by Crippen LogP contribution is -2.13. The molecule has 0 saturated heterocycles. The number of hydrogen-bond acceptors (Lipinski definition) is 1. The number of primary amides is 1. The second-order valence-corrected chi connectivity index (χ2v) is 4.40. The third-order valence-corrected chi connectivity index (χ3v) is 2.96. The maximum Gasteiger partial charge on any atom is 0.244 e. The molecule has 0 aromatic carbocycles. The normalized spacial score (nSPS) is 11.8. The maximum absolute atomic E-state index is 10.9. The van der Waals surface area contributed by atoms with Crippen LogP contribution in [0, 0.1) is 0 Å². The van der Waals surface area contributed by atoms with Crippen LogP contribution in [0.15, 0.2) is 11.6 Å². The molecule has 0 aliphatic heterocycles. The molecule has 0 aliphatic rings. The van der Waals surface area contributed by atoms with Crippen molar-refractivity contribution in [1.82, 2.24) is 0 Å². The minimum atomic E-state index is -0.259. The summed E-state index contributed by atoms with van der Waals surface area (Å²) in [4.78, 5) is 10.9. The zero-order valence-corrected chi connectivity index (χ0v) is 10.9. The Labute approximate surface area is 100 Å². The molecule has 16 heavy (non-hydrogen) atoms. The van der Waals surface area contributed by atoms with Crippen LogP contribution in [0.5, 0.6) is 0 Å². The highest BCUT2D eigenvalue weighted by Crippen LogP contribution is 2.12. The number of carbonyl (C=O) groups is 1. The molecule has 0 radical (unpaired) electrons. The van der Waals surface area contributed by atoms with Crippen molar-refractivity contribution >= 4 is 5.91 Å². The van der Waals surface area contributed by atoms with Crippen molar-refractivity contribution in [2.45, 2.75) is 71.6 Å². The van der Waals surface area contributed by atoms with Crippen LogP contribution in [0.25, 0.3) is 0 Å². The van der Waals surface area contributed by atoms with E-state index in [1.54, 1.807) is 0 Å². The Morgan fingerprint density at radius 3 is 1.94 bits per heavy atom. The van der Waals surface area contributed by atoms with E-state index in [-0.39, 0.29) is 5.91 Å². The third-order valence-electron chi connectivity index (χ3n) is 2.96. The van der Waals surface area contributed by atoms with E-state index in [4.69, 9.17) is 5.73 Å². The molecular weight excluding hydrogens is 198 g/mol. The van der Waals surface area contributed by atoms with Gasteiger partial charge in [0.25, 0.3) is 0 Å². The number of rotatable bonds is 10. The zero-order valence-electron chi connectivity index (χ0n) is 10.9.